The molecule has 3 aromatic rings. The first kappa shape index (κ1) is 13.7. The summed E-state index contributed by atoms with van der Waals surface area (Å²) >= 11 is 3.36. The Morgan fingerprint density at radius 2 is 1.90 bits per heavy atom. The number of nitrogens with zero attached hydrogens (tertiary/aromatic N) is 3. The summed E-state index contributed by atoms with van der Waals surface area (Å²) in [5.41, 5.74) is 1.57. The van der Waals surface area contributed by atoms with E-state index in [1.54, 1.807) is 18.2 Å². The molecule has 0 aliphatic heterocycles. The van der Waals surface area contributed by atoms with Gasteiger partial charge in [0, 0.05) is 9.86 Å². The molecule has 21 heavy (non-hydrogen) atoms. The summed E-state index contributed by atoms with van der Waals surface area (Å²) in [6.45, 7) is 0. The van der Waals surface area contributed by atoms with Crippen LogP contribution in [0, 0.1) is 0 Å². The molecule has 2 aromatic carbocycles. The summed E-state index contributed by atoms with van der Waals surface area (Å²) in [5.74, 6) is 5.55. The number of rotatable bonds is 2. The predicted molar refractivity (Wildman–Crippen MR) is 84.7 cm³/mol. The molecule has 0 unspecified atom stereocenters. The van der Waals surface area contributed by atoms with Gasteiger partial charge in [0.15, 0.2) is 0 Å². The Kier molecular flexibility index (Phi) is 3.64. The molecule has 1 aromatic heterocycles. The van der Waals surface area contributed by atoms with Crippen LogP contribution in [-0.4, -0.2) is 15.9 Å². The van der Waals surface area contributed by atoms with Crippen LogP contribution in [0.15, 0.2) is 59.3 Å². The molecule has 0 aliphatic carbocycles. The summed E-state index contributed by atoms with van der Waals surface area (Å²) in [6.07, 6.45) is 1.37. The second-order valence-corrected chi connectivity index (χ2v) is 5.31. The number of aromatic nitrogens is 2. The van der Waals surface area contributed by atoms with E-state index in [4.69, 9.17) is 5.84 Å². The van der Waals surface area contributed by atoms with E-state index in [2.05, 4.69) is 25.9 Å². The van der Waals surface area contributed by atoms with Crippen LogP contribution in [0.5, 0.6) is 0 Å². The lowest BCUT2D eigenvalue weighted by molar-refractivity contribution is 0.0983. The second-order valence-electron chi connectivity index (χ2n) is 4.39. The summed E-state index contributed by atoms with van der Waals surface area (Å²) < 4.78 is 0.843. The Labute approximate surface area is 129 Å². The summed E-state index contributed by atoms with van der Waals surface area (Å²) in [6, 6.07) is 14.5. The lowest BCUT2D eigenvalue weighted by atomic mass is 10.1. The number of anilines is 1. The van der Waals surface area contributed by atoms with Gasteiger partial charge in [0.2, 0.25) is 0 Å². The molecule has 1 heterocycles. The molecule has 6 heteroatoms. The predicted octanol–water partition coefficient (Wildman–Crippen LogP) is 2.91. The SMILES string of the molecule is NN(C(=O)c1ncnc2ccccc12)c1cccc(Br)c1. The molecule has 0 spiro atoms. The van der Waals surface area contributed by atoms with Gasteiger partial charge < -0.3 is 0 Å². The molecule has 0 bridgehead atoms. The van der Waals surface area contributed by atoms with Gasteiger partial charge in [-0.1, -0.05) is 40.2 Å². The molecule has 0 saturated carbocycles. The van der Waals surface area contributed by atoms with Crippen LogP contribution in [0.25, 0.3) is 10.9 Å². The van der Waals surface area contributed by atoms with Gasteiger partial charge in [-0.25, -0.2) is 20.8 Å². The molecule has 0 fully saturated rings. The molecular formula is C15H11BrN4O. The molecule has 0 radical (unpaired) electrons. The van der Waals surface area contributed by atoms with Crippen molar-refractivity contribution in [3.8, 4) is 0 Å². The minimum Gasteiger partial charge on any atom is -0.265 e. The second kappa shape index (κ2) is 5.59. The fourth-order valence-corrected chi connectivity index (χ4v) is 2.42. The van der Waals surface area contributed by atoms with Crippen molar-refractivity contribution >= 4 is 38.4 Å². The van der Waals surface area contributed by atoms with Crippen molar-refractivity contribution in [2.75, 3.05) is 5.01 Å². The van der Waals surface area contributed by atoms with E-state index in [9.17, 15) is 4.79 Å². The number of carbonyl (C=O) groups is 1. The van der Waals surface area contributed by atoms with Crippen LogP contribution in [-0.2, 0) is 0 Å². The molecule has 5 nitrogen and oxygen atoms in total. The molecule has 104 valence electrons. The van der Waals surface area contributed by atoms with Gasteiger partial charge in [-0.15, -0.1) is 0 Å². The molecular weight excluding hydrogens is 332 g/mol. The fraction of sp³-hybridized carbons (Fsp3) is 0. The Morgan fingerprint density at radius 3 is 2.71 bits per heavy atom. The molecule has 3 rings (SSSR count). The maximum absolute atomic E-state index is 12.6. The third-order valence-corrected chi connectivity index (χ3v) is 3.54. The first-order valence-corrected chi connectivity index (χ1v) is 7.00. The van der Waals surface area contributed by atoms with Crippen molar-refractivity contribution in [2.24, 2.45) is 5.84 Å². The normalized spacial score (nSPS) is 10.6. The maximum Gasteiger partial charge on any atom is 0.291 e. The smallest absolute Gasteiger partial charge is 0.265 e. The van der Waals surface area contributed by atoms with Gasteiger partial charge >= 0.3 is 0 Å². The third kappa shape index (κ3) is 2.63. The zero-order valence-corrected chi connectivity index (χ0v) is 12.5. The van der Waals surface area contributed by atoms with E-state index < -0.39 is 0 Å². The van der Waals surface area contributed by atoms with Crippen LogP contribution in [0.4, 0.5) is 5.69 Å². The number of halogens is 1. The lowest BCUT2D eigenvalue weighted by Gasteiger charge is -2.17. The highest BCUT2D eigenvalue weighted by Crippen LogP contribution is 2.21. The fourth-order valence-electron chi connectivity index (χ4n) is 2.03. The number of amides is 1. The summed E-state index contributed by atoms with van der Waals surface area (Å²) in [4.78, 5) is 20.8. The van der Waals surface area contributed by atoms with Crippen molar-refractivity contribution in [3.05, 3.63) is 65.0 Å². The highest BCUT2D eigenvalue weighted by Gasteiger charge is 2.18. The van der Waals surface area contributed by atoms with E-state index >= 15 is 0 Å². The maximum atomic E-state index is 12.6. The van der Waals surface area contributed by atoms with Gasteiger partial charge in [-0.05, 0) is 24.3 Å². The number of hydrogen-bond acceptors (Lipinski definition) is 4. The number of benzene rings is 2. The number of hydrazine groups is 1. The highest BCUT2D eigenvalue weighted by atomic mass is 79.9. The van der Waals surface area contributed by atoms with E-state index in [0.29, 0.717) is 16.6 Å². The minimum absolute atomic E-state index is 0.281. The number of hydrogen-bond donors (Lipinski definition) is 1. The van der Waals surface area contributed by atoms with E-state index in [1.165, 1.54) is 6.33 Å². The van der Waals surface area contributed by atoms with Crippen molar-refractivity contribution in [1.82, 2.24) is 9.97 Å². The Hall–Kier alpha value is -2.31. The van der Waals surface area contributed by atoms with Crippen LogP contribution in [0.3, 0.4) is 0 Å². The molecule has 2 N–H and O–H groups in total. The Balaban J connectivity index is 2.04. The van der Waals surface area contributed by atoms with Gasteiger partial charge in [0.25, 0.3) is 5.91 Å². The zero-order valence-electron chi connectivity index (χ0n) is 10.9. The van der Waals surface area contributed by atoms with Crippen molar-refractivity contribution in [3.63, 3.8) is 0 Å². The van der Waals surface area contributed by atoms with E-state index in [-0.39, 0.29) is 11.6 Å². The largest absolute Gasteiger partial charge is 0.291 e. The van der Waals surface area contributed by atoms with Crippen molar-refractivity contribution in [1.29, 1.82) is 0 Å². The topological polar surface area (TPSA) is 72.1 Å². The summed E-state index contributed by atoms with van der Waals surface area (Å²) in [7, 11) is 0. The monoisotopic (exact) mass is 342 g/mol. The van der Waals surface area contributed by atoms with Crippen molar-refractivity contribution < 1.29 is 4.79 Å². The van der Waals surface area contributed by atoms with Crippen LogP contribution >= 0.6 is 15.9 Å². The van der Waals surface area contributed by atoms with Gasteiger partial charge in [0.1, 0.15) is 12.0 Å². The molecule has 1 amide bonds. The average molecular weight is 343 g/mol. The molecule has 0 aliphatic rings. The number of nitrogens with two attached hydrogens (primary N) is 1. The molecule has 0 saturated heterocycles. The van der Waals surface area contributed by atoms with Crippen LogP contribution in [0.1, 0.15) is 10.5 Å². The Bertz CT molecular complexity index is 816. The van der Waals surface area contributed by atoms with Crippen LogP contribution < -0.4 is 10.9 Å². The quantitative estimate of drug-likeness (QED) is 0.441. The first-order valence-electron chi connectivity index (χ1n) is 6.21. The van der Waals surface area contributed by atoms with Crippen molar-refractivity contribution in [2.45, 2.75) is 0 Å². The van der Waals surface area contributed by atoms with Crippen LogP contribution in [0.2, 0.25) is 0 Å². The Morgan fingerprint density at radius 1 is 1.10 bits per heavy atom. The zero-order chi connectivity index (χ0) is 14.8. The first-order chi connectivity index (χ1) is 10.2. The van der Waals surface area contributed by atoms with E-state index in [0.717, 1.165) is 9.48 Å². The number of fused-ring (bicyclic) bond motifs is 1. The van der Waals surface area contributed by atoms with Gasteiger partial charge in [0.05, 0.1) is 11.2 Å². The van der Waals surface area contributed by atoms with E-state index in [1.807, 2.05) is 30.3 Å². The standard InChI is InChI=1S/C15H11BrN4O/c16-10-4-3-5-11(8-10)20(17)15(21)14-12-6-1-2-7-13(12)18-9-19-14/h1-9H,17H2. The number of carbonyl (C=O) groups excluding carboxylic acids is 1. The van der Waals surface area contributed by atoms with Gasteiger partial charge in [-0.3, -0.25) is 4.79 Å². The summed E-state index contributed by atoms with van der Waals surface area (Å²) in [5, 5.41) is 1.76. The third-order valence-electron chi connectivity index (χ3n) is 3.05. The number of para-hydroxylation sites is 1. The highest BCUT2D eigenvalue weighted by molar-refractivity contribution is 9.10. The lowest BCUT2D eigenvalue weighted by Crippen LogP contribution is -2.38. The minimum atomic E-state index is -0.383. The average Bonchev–Trinajstić information content (AvgIpc) is 2.53. The molecule has 0 atom stereocenters. The van der Waals surface area contributed by atoms with Gasteiger partial charge in [-0.2, -0.15) is 0 Å².